The van der Waals surface area contributed by atoms with Crippen molar-refractivity contribution in [3.63, 3.8) is 0 Å². The van der Waals surface area contributed by atoms with Crippen LogP contribution < -0.4 is 10.2 Å². The van der Waals surface area contributed by atoms with E-state index in [1.54, 1.807) is 42.5 Å². The Hall–Kier alpha value is -2.73. The van der Waals surface area contributed by atoms with Crippen LogP contribution >= 0.6 is 34.8 Å². The molecular weight excluding hydrogens is 445 g/mol. The molecule has 1 fully saturated rings. The lowest BCUT2D eigenvalue weighted by atomic mass is 10.2. The number of imide groups is 1. The van der Waals surface area contributed by atoms with Crippen LogP contribution in [-0.4, -0.2) is 16.5 Å². The second-order valence-electron chi connectivity index (χ2n) is 6.87. The van der Waals surface area contributed by atoms with Crippen molar-refractivity contribution in [1.29, 1.82) is 0 Å². The van der Waals surface area contributed by atoms with Crippen molar-refractivity contribution < 1.29 is 9.59 Å². The van der Waals surface area contributed by atoms with E-state index in [4.69, 9.17) is 34.8 Å². The molecule has 1 aliphatic heterocycles. The fraction of sp³-hybridized carbons (Fsp3) is 0.0909. The first-order chi connectivity index (χ1) is 14.3. The molecule has 3 amide bonds. The third-order valence-corrected chi connectivity index (χ3v) is 5.85. The Morgan fingerprint density at radius 1 is 0.900 bits per heavy atom. The zero-order valence-electron chi connectivity index (χ0n) is 16.0. The standard InChI is InChI=1S/C22H16Cl3N3O2/c1-12-8-14(13(2)27(12)17-6-7-18(24)19(25)11-17)9-20-21(29)28(22(30)26-20)16-5-3-4-15(23)10-16/h3-11H,1-2H3,(H,26,30)/b20-9-. The number of carbonyl (C=O) groups is 2. The minimum Gasteiger partial charge on any atom is -0.318 e. The number of hydrogen-bond acceptors (Lipinski definition) is 2. The fourth-order valence-electron chi connectivity index (χ4n) is 3.50. The molecule has 0 spiro atoms. The highest BCUT2D eigenvalue weighted by Crippen LogP contribution is 2.29. The van der Waals surface area contributed by atoms with E-state index >= 15 is 0 Å². The Kier molecular flexibility index (Phi) is 5.36. The van der Waals surface area contributed by atoms with E-state index in [9.17, 15) is 9.59 Å². The lowest BCUT2D eigenvalue weighted by Crippen LogP contribution is -2.30. The van der Waals surface area contributed by atoms with Crippen LogP contribution in [0.2, 0.25) is 15.1 Å². The molecule has 152 valence electrons. The van der Waals surface area contributed by atoms with E-state index in [0.29, 0.717) is 20.8 Å². The third-order valence-electron chi connectivity index (χ3n) is 4.88. The van der Waals surface area contributed by atoms with E-state index in [1.165, 1.54) is 0 Å². The van der Waals surface area contributed by atoms with Crippen LogP contribution in [0.4, 0.5) is 10.5 Å². The zero-order chi connectivity index (χ0) is 21.6. The van der Waals surface area contributed by atoms with Gasteiger partial charge in [0, 0.05) is 22.1 Å². The largest absolute Gasteiger partial charge is 0.333 e. The smallest absolute Gasteiger partial charge is 0.318 e. The summed E-state index contributed by atoms with van der Waals surface area (Å²) in [4.78, 5) is 26.4. The van der Waals surface area contributed by atoms with Crippen LogP contribution in [0.25, 0.3) is 11.8 Å². The highest BCUT2D eigenvalue weighted by molar-refractivity contribution is 6.42. The van der Waals surface area contributed by atoms with Gasteiger partial charge in [-0.15, -0.1) is 0 Å². The summed E-state index contributed by atoms with van der Waals surface area (Å²) < 4.78 is 2.00. The summed E-state index contributed by atoms with van der Waals surface area (Å²) in [6.45, 7) is 3.88. The SMILES string of the molecule is Cc1cc(/C=C2\NC(=O)N(c3cccc(Cl)c3)C2=O)c(C)n1-c1ccc(Cl)c(Cl)c1. The van der Waals surface area contributed by atoms with E-state index in [2.05, 4.69) is 5.32 Å². The molecular formula is C22H16Cl3N3O2. The number of urea groups is 1. The van der Waals surface area contributed by atoms with Gasteiger partial charge in [0.2, 0.25) is 0 Å². The summed E-state index contributed by atoms with van der Waals surface area (Å²) >= 11 is 18.2. The second-order valence-corrected chi connectivity index (χ2v) is 8.12. The highest BCUT2D eigenvalue weighted by Gasteiger charge is 2.35. The number of hydrogen-bond donors (Lipinski definition) is 1. The molecule has 0 saturated carbocycles. The third kappa shape index (κ3) is 3.60. The van der Waals surface area contributed by atoms with Crippen LogP contribution in [0.3, 0.4) is 0 Å². The van der Waals surface area contributed by atoms with Gasteiger partial charge in [-0.2, -0.15) is 0 Å². The molecule has 0 aliphatic carbocycles. The monoisotopic (exact) mass is 459 g/mol. The van der Waals surface area contributed by atoms with Gasteiger partial charge in [-0.1, -0.05) is 40.9 Å². The zero-order valence-corrected chi connectivity index (χ0v) is 18.3. The summed E-state index contributed by atoms with van der Waals surface area (Å²) in [6.07, 6.45) is 1.67. The van der Waals surface area contributed by atoms with Crippen molar-refractivity contribution in [2.45, 2.75) is 13.8 Å². The maximum Gasteiger partial charge on any atom is 0.333 e. The van der Waals surface area contributed by atoms with Gasteiger partial charge in [0.15, 0.2) is 0 Å². The van der Waals surface area contributed by atoms with E-state index in [-0.39, 0.29) is 5.70 Å². The van der Waals surface area contributed by atoms with Crippen molar-refractivity contribution in [3.05, 3.63) is 86.2 Å². The Bertz CT molecular complexity index is 1230. The molecule has 8 heteroatoms. The van der Waals surface area contributed by atoms with Crippen molar-refractivity contribution in [3.8, 4) is 5.69 Å². The van der Waals surface area contributed by atoms with Gasteiger partial charge in [0.05, 0.1) is 15.7 Å². The molecule has 0 unspecified atom stereocenters. The first-order valence-corrected chi connectivity index (χ1v) is 10.2. The Morgan fingerprint density at radius 3 is 2.37 bits per heavy atom. The summed E-state index contributed by atoms with van der Waals surface area (Å²) in [7, 11) is 0. The van der Waals surface area contributed by atoms with Crippen LogP contribution in [0.1, 0.15) is 17.0 Å². The fourth-order valence-corrected chi connectivity index (χ4v) is 3.97. The average molecular weight is 461 g/mol. The molecule has 1 saturated heterocycles. The van der Waals surface area contributed by atoms with Crippen LogP contribution in [-0.2, 0) is 4.79 Å². The summed E-state index contributed by atoms with van der Waals surface area (Å²) in [5.74, 6) is -0.443. The molecule has 0 atom stereocenters. The van der Waals surface area contributed by atoms with Gasteiger partial charge < -0.3 is 9.88 Å². The maximum absolute atomic E-state index is 12.9. The van der Waals surface area contributed by atoms with Gasteiger partial charge in [0.1, 0.15) is 5.70 Å². The molecule has 3 aromatic rings. The predicted molar refractivity (Wildman–Crippen MR) is 121 cm³/mol. The lowest BCUT2D eigenvalue weighted by Gasteiger charge is -2.11. The molecule has 0 bridgehead atoms. The Morgan fingerprint density at radius 2 is 1.67 bits per heavy atom. The number of aromatic nitrogens is 1. The van der Waals surface area contributed by atoms with Gasteiger partial charge >= 0.3 is 6.03 Å². The number of nitrogens with zero attached hydrogens (tertiary/aromatic N) is 2. The maximum atomic E-state index is 12.9. The lowest BCUT2D eigenvalue weighted by molar-refractivity contribution is -0.113. The highest BCUT2D eigenvalue weighted by atomic mass is 35.5. The van der Waals surface area contributed by atoms with Crippen LogP contribution in [0.15, 0.2) is 54.2 Å². The van der Waals surface area contributed by atoms with Crippen LogP contribution in [0.5, 0.6) is 0 Å². The number of halogens is 3. The Labute approximate surface area is 188 Å². The number of amides is 3. The molecule has 0 radical (unpaired) electrons. The van der Waals surface area contributed by atoms with Gasteiger partial charge in [0.25, 0.3) is 5.91 Å². The van der Waals surface area contributed by atoms with Crippen molar-refractivity contribution in [2.24, 2.45) is 0 Å². The minimum atomic E-state index is -0.521. The van der Waals surface area contributed by atoms with Crippen molar-refractivity contribution >= 4 is 58.5 Å². The topological polar surface area (TPSA) is 54.3 Å². The molecule has 30 heavy (non-hydrogen) atoms. The number of nitrogens with one attached hydrogen (secondary N) is 1. The first-order valence-electron chi connectivity index (χ1n) is 9.03. The van der Waals surface area contributed by atoms with Gasteiger partial charge in [-0.3, -0.25) is 4.79 Å². The van der Waals surface area contributed by atoms with Crippen molar-refractivity contribution in [2.75, 3.05) is 4.90 Å². The minimum absolute atomic E-state index is 0.189. The predicted octanol–water partition coefficient (Wildman–Crippen LogP) is 6.15. The first kappa shape index (κ1) is 20.5. The normalized spacial score (nSPS) is 15.2. The number of aryl methyl sites for hydroxylation is 1. The van der Waals surface area contributed by atoms with Gasteiger partial charge in [-0.05, 0) is 68.0 Å². The number of benzene rings is 2. The number of carbonyl (C=O) groups excluding carboxylic acids is 2. The summed E-state index contributed by atoms with van der Waals surface area (Å²) in [5, 5.41) is 4.01. The second kappa shape index (κ2) is 7.84. The van der Waals surface area contributed by atoms with Crippen LogP contribution in [0, 0.1) is 13.8 Å². The molecule has 4 rings (SSSR count). The molecule has 1 N–H and O–H groups in total. The average Bonchev–Trinajstić information content (AvgIpc) is 3.12. The summed E-state index contributed by atoms with van der Waals surface area (Å²) in [6, 6.07) is 13.4. The molecule has 5 nitrogen and oxygen atoms in total. The number of rotatable bonds is 3. The van der Waals surface area contributed by atoms with Crippen molar-refractivity contribution in [1.82, 2.24) is 9.88 Å². The Balaban J connectivity index is 1.71. The van der Waals surface area contributed by atoms with E-state index in [0.717, 1.165) is 27.5 Å². The molecule has 2 aromatic carbocycles. The van der Waals surface area contributed by atoms with E-state index in [1.807, 2.05) is 30.5 Å². The molecule has 2 heterocycles. The number of anilines is 1. The van der Waals surface area contributed by atoms with E-state index < -0.39 is 11.9 Å². The quantitative estimate of drug-likeness (QED) is 0.376. The van der Waals surface area contributed by atoms with Gasteiger partial charge in [-0.25, -0.2) is 9.69 Å². The summed E-state index contributed by atoms with van der Waals surface area (Å²) in [5.41, 5.74) is 4.09. The molecule has 1 aromatic heterocycles. The molecule has 1 aliphatic rings.